The lowest BCUT2D eigenvalue weighted by Crippen LogP contribution is -2.32. The van der Waals surface area contributed by atoms with Gasteiger partial charge >= 0.3 is 0 Å². The number of aromatic nitrogens is 1. The summed E-state index contributed by atoms with van der Waals surface area (Å²) in [5.74, 6) is 0. The lowest BCUT2D eigenvalue weighted by molar-refractivity contribution is 0.402. The van der Waals surface area contributed by atoms with E-state index in [1.807, 2.05) is 0 Å². The SMILES string of the molecule is CC[C@H]1CNCc2cc3ccc(Br)cc3n21. The number of benzene rings is 1. The molecular formula is C13H15BrN2. The first-order chi connectivity index (χ1) is 7.79. The molecule has 3 heteroatoms. The minimum atomic E-state index is 0.593. The van der Waals surface area contributed by atoms with E-state index < -0.39 is 0 Å². The van der Waals surface area contributed by atoms with Gasteiger partial charge in [0, 0.05) is 34.8 Å². The Bertz CT molecular complexity index is 530. The van der Waals surface area contributed by atoms with E-state index in [1.54, 1.807) is 0 Å². The standard InChI is InChI=1S/C13H15BrN2/c1-2-11-7-15-8-12-5-9-3-4-10(14)6-13(9)16(11)12/h3-6,11,15H,2,7-8H2,1H3/t11-/m0/s1. The monoisotopic (exact) mass is 278 g/mol. The van der Waals surface area contributed by atoms with Gasteiger partial charge in [-0.3, -0.25) is 0 Å². The van der Waals surface area contributed by atoms with Crippen LogP contribution < -0.4 is 5.32 Å². The Kier molecular flexibility index (Phi) is 2.52. The van der Waals surface area contributed by atoms with Crippen molar-refractivity contribution in [3.63, 3.8) is 0 Å². The van der Waals surface area contributed by atoms with Crippen molar-refractivity contribution in [2.24, 2.45) is 0 Å². The summed E-state index contributed by atoms with van der Waals surface area (Å²) in [6.07, 6.45) is 1.18. The quantitative estimate of drug-likeness (QED) is 0.846. The van der Waals surface area contributed by atoms with Gasteiger partial charge in [-0.1, -0.05) is 28.9 Å². The number of halogens is 1. The zero-order valence-corrected chi connectivity index (χ0v) is 10.9. The molecule has 0 spiro atoms. The Morgan fingerprint density at radius 2 is 2.31 bits per heavy atom. The molecule has 1 atom stereocenters. The summed E-state index contributed by atoms with van der Waals surface area (Å²) in [4.78, 5) is 0. The third-order valence-corrected chi connectivity index (χ3v) is 3.90. The molecule has 1 N–H and O–H groups in total. The maximum Gasteiger partial charge on any atom is 0.0497 e. The van der Waals surface area contributed by atoms with Crippen molar-refractivity contribution in [3.8, 4) is 0 Å². The Balaban J connectivity index is 2.27. The molecule has 1 aromatic heterocycles. The fourth-order valence-electron chi connectivity index (χ4n) is 2.60. The second kappa shape index (κ2) is 3.90. The van der Waals surface area contributed by atoms with Crippen molar-refractivity contribution < 1.29 is 0 Å². The van der Waals surface area contributed by atoms with Crippen LogP contribution in [0.5, 0.6) is 0 Å². The number of nitrogens with zero attached hydrogens (tertiary/aromatic N) is 1. The van der Waals surface area contributed by atoms with Crippen molar-refractivity contribution in [1.82, 2.24) is 9.88 Å². The van der Waals surface area contributed by atoms with Gasteiger partial charge in [0.05, 0.1) is 0 Å². The van der Waals surface area contributed by atoms with E-state index in [0.29, 0.717) is 6.04 Å². The van der Waals surface area contributed by atoms with Crippen LogP contribution in [0.4, 0.5) is 0 Å². The van der Waals surface area contributed by atoms with Gasteiger partial charge in [0.2, 0.25) is 0 Å². The van der Waals surface area contributed by atoms with Gasteiger partial charge in [0.1, 0.15) is 0 Å². The van der Waals surface area contributed by atoms with Gasteiger partial charge in [-0.15, -0.1) is 0 Å². The highest BCUT2D eigenvalue weighted by atomic mass is 79.9. The number of hydrogen-bond acceptors (Lipinski definition) is 1. The van der Waals surface area contributed by atoms with Crippen molar-refractivity contribution in [2.45, 2.75) is 25.9 Å². The van der Waals surface area contributed by atoms with Gasteiger partial charge in [-0.2, -0.15) is 0 Å². The lowest BCUT2D eigenvalue weighted by Gasteiger charge is -2.27. The molecule has 0 fully saturated rings. The molecule has 3 rings (SSSR count). The Morgan fingerprint density at radius 3 is 3.12 bits per heavy atom. The highest BCUT2D eigenvalue weighted by Crippen LogP contribution is 2.30. The summed E-state index contributed by atoms with van der Waals surface area (Å²) >= 11 is 3.56. The zero-order valence-electron chi connectivity index (χ0n) is 9.33. The van der Waals surface area contributed by atoms with Gasteiger partial charge in [0.15, 0.2) is 0 Å². The molecule has 16 heavy (non-hydrogen) atoms. The third kappa shape index (κ3) is 1.50. The number of hydrogen-bond donors (Lipinski definition) is 1. The normalized spacial score (nSPS) is 20.0. The molecule has 2 heterocycles. The van der Waals surface area contributed by atoms with Gasteiger partial charge < -0.3 is 9.88 Å². The fraction of sp³-hybridized carbons (Fsp3) is 0.385. The van der Waals surface area contributed by atoms with E-state index in [0.717, 1.165) is 17.6 Å². The number of rotatable bonds is 1. The summed E-state index contributed by atoms with van der Waals surface area (Å²) in [7, 11) is 0. The van der Waals surface area contributed by atoms with Crippen LogP contribution in [0.1, 0.15) is 25.1 Å². The van der Waals surface area contributed by atoms with Crippen molar-refractivity contribution in [3.05, 3.63) is 34.4 Å². The van der Waals surface area contributed by atoms with Crippen LogP contribution in [0, 0.1) is 0 Å². The van der Waals surface area contributed by atoms with Crippen molar-refractivity contribution in [1.29, 1.82) is 0 Å². The molecule has 1 aliphatic heterocycles. The van der Waals surface area contributed by atoms with Gasteiger partial charge in [0.25, 0.3) is 0 Å². The molecule has 0 saturated carbocycles. The molecule has 1 aromatic carbocycles. The molecule has 0 unspecified atom stereocenters. The molecular weight excluding hydrogens is 264 g/mol. The molecule has 0 saturated heterocycles. The molecule has 1 aliphatic rings. The second-order valence-electron chi connectivity index (χ2n) is 4.40. The van der Waals surface area contributed by atoms with E-state index >= 15 is 0 Å². The summed E-state index contributed by atoms with van der Waals surface area (Å²) in [5, 5.41) is 4.83. The summed E-state index contributed by atoms with van der Waals surface area (Å²) in [6.45, 7) is 4.33. The van der Waals surface area contributed by atoms with E-state index in [-0.39, 0.29) is 0 Å². The van der Waals surface area contributed by atoms with Crippen LogP contribution in [0.2, 0.25) is 0 Å². The van der Waals surface area contributed by atoms with E-state index in [2.05, 4.69) is 57.0 Å². The van der Waals surface area contributed by atoms with Crippen molar-refractivity contribution in [2.75, 3.05) is 6.54 Å². The first-order valence-electron chi connectivity index (χ1n) is 5.79. The van der Waals surface area contributed by atoms with E-state index in [4.69, 9.17) is 0 Å². The maximum absolute atomic E-state index is 3.56. The largest absolute Gasteiger partial charge is 0.339 e. The lowest BCUT2D eigenvalue weighted by atomic mass is 10.1. The highest BCUT2D eigenvalue weighted by Gasteiger charge is 2.20. The van der Waals surface area contributed by atoms with Crippen LogP contribution in [0.25, 0.3) is 10.9 Å². The van der Waals surface area contributed by atoms with Gasteiger partial charge in [-0.25, -0.2) is 0 Å². The Morgan fingerprint density at radius 1 is 1.44 bits per heavy atom. The molecule has 0 aliphatic carbocycles. The summed E-state index contributed by atoms with van der Waals surface area (Å²) in [5.41, 5.74) is 2.77. The van der Waals surface area contributed by atoms with Crippen molar-refractivity contribution >= 4 is 26.8 Å². The first kappa shape index (κ1) is 10.4. The average molecular weight is 279 g/mol. The fourth-order valence-corrected chi connectivity index (χ4v) is 2.95. The zero-order chi connectivity index (χ0) is 11.1. The van der Waals surface area contributed by atoms with Crippen LogP contribution in [0.3, 0.4) is 0 Å². The predicted octanol–water partition coefficient (Wildman–Crippen LogP) is 3.46. The molecule has 2 aromatic rings. The first-order valence-corrected chi connectivity index (χ1v) is 6.59. The highest BCUT2D eigenvalue weighted by molar-refractivity contribution is 9.10. The molecule has 0 radical (unpaired) electrons. The van der Waals surface area contributed by atoms with E-state index in [1.165, 1.54) is 23.0 Å². The van der Waals surface area contributed by atoms with Crippen LogP contribution in [-0.2, 0) is 6.54 Å². The minimum absolute atomic E-state index is 0.593. The third-order valence-electron chi connectivity index (χ3n) is 3.41. The average Bonchev–Trinajstić information content (AvgIpc) is 2.66. The summed E-state index contributed by atoms with van der Waals surface area (Å²) < 4.78 is 3.66. The Labute approximate surface area is 104 Å². The number of nitrogens with one attached hydrogen (secondary N) is 1. The number of fused-ring (bicyclic) bond motifs is 3. The smallest absolute Gasteiger partial charge is 0.0497 e. The molecule has 2 nitrogen and oxygen atoms in total. The van der Waals surface area contributed by atoms with Crippen LogP contribution in [-0.4, -0.2) is 11.1 Å². The van der Waals surface area contributed by atoms with Crippen LogP contribution >= 0.6 is 15.9 Å². The predicted molar refractivity (Wildman–Crippen MR) is 70.7 cm³/mol. The second-order valence-corrected chi connectivity index (χ2v) is 5.32. The van der Waals surface area contributed by atoms with E-state index in [9.17, 15) is 0 Å². The van der Waals surface area contributed by atoms with Crippen LogP contribution in [0.15, 0.2) is 28.7 Å². The summed E-state index contributed by atoms with van der Waals surface area (Å²) in [6, 6.07) is 9.43. The molecule has 0 amide bonds. The Hall–Kier alpha value is -0.800. The maximum atomic E-state index is 3.56. The molecule has 84 valence electrons. The van der Waals surface area contributed by atoms with Gasteiger partial charge in [-0.05, 0) is 30.0 Å². The molecule has 0 bridgehead atoms. The topological polar surface area (TPSA) is 17.0 Å². The minimum Gasteiger partial charge on any atom is -0.339 e.